The molecule has 0 aliphatic heterocycles. The Kier molecular flexibility index (Phi) is 3.81. The lowest BCUT2D eigenvalue weighted by Gasteiger charge is -2.23. The Morgan fingerprint density at radius 2 is 1.72 bits per heavy atom. The van der Waals surface area contributed by atoms with Crippen molar-refractivity contribution in [3.63, 3.8) is 0 Å². The van der Waals surface area contributed by atoms with Crippen LogP contribution < -0.4 is 15.2 Å². The molecule has 2 unspecified atom stereocenters. The van der Waals surface area contributed by atoms with E-state index in [0.29, 0.717) is 5.92 Å². The minimum Gasteiger partial charge on any atom is -0.493 e. The van der Waals surface area contributed by atoms with Gasteiger partial charge >= 0.3 is 0 Å². The van der Waals surface area contributed by atoms with Gasteiger partial charge in [-0.2, -0.15) is 0 Å². The van der Waals surface area contributed by atoms with E-state index in [-0.39, 0.29) is 6.04 Å². The monoisotopic (exact) mass is 249 g/mol. The fraction of sp³-hybridized carbons (Fsp3) is 0.600. The van der Waals surface area contributed by atoms with Crippen molar-refractivity contribution in [2.24, 2.45) is 17.6 Å². The van der Waals surface area contributed by atoms with Gasteiger partial charge in [0.15, 0.2) is 11.5 Å². The molecule has 0 aromatic heterocycles. The highest BCUT2D eigenvalue weighted by Crippen LogP contribution is 2.43. The number of hydrogen-bond donors (Lipinski definition) is 1. The van der Waals surface area contributed by atoms with Crippen molar-refractivity contribution < 1.29 is 9.47 Å². The van der Waals surface area contributed by atoms with Crippen LogP contribution in [0.3, 0.4) is 0 Å². The molecule has 1 saturated carbocycles. The summed E-state index contributed by atoms with van der Waals surface area (Å²) < 4.78 is 10.7. The molecule has 1 aromatic rings. The summed E-state index contributed by atoms with van der Waals surface area (Å²) in [6, 6.07) is 4.11. The van der Waals surface area contributed by atoms with Gasteiger partial charge in [-0.05, 0) is 54.9 Å². The smallest absolute Gasteiger partial charge is 0.161 e. The van der Waals surface area contributed by atoms with Crippen LogP contribution in [-0.4, -0.2) is 14.2 Å². The predicted molar refractivity (Wildman–Crippen MR) is 73.1 cm³/mol. The lowest BCUT2D eigenvalue weighted by atomic mass is 9.89. The molecule has 2 rings (SSSR count). The van der Waals surface area contributed by atoms with Crippen LogP contribution in [0.2, 0.25) is 0 Å². The lowest BCUT2D eigenvalue weighted by molar-refractivity contribution is 0.352. The molecule has 1 aliphatic rings. The Hall–Kier alpha value is -1.22. The Balaban J connectivity index is 2.31. The van der Waals surface area contributed by atoms with Crippen LogP contribution in [0, 0.1) is 18.8 Å². The molecule has 0 saturated heterocycles. The summed E-state index contributed by atoms with van der Waals surface area (Å²) in [5.41, 5.74) is 8.75. The lowest BCUT2D eigenvalue weighted by Crippen LogP contribution is -2.21. The van der Waals surface area contributed by atoms with Crippen LogP contribution in [0.4, 0.5) is 0 Å². The van der Waals surface area contributed by atoms with E-state index in [0.717, 1.165) is 17.4 Å². The Bertz CT molecular complexity index is 427. The molecule has 1 fully saturated rings. The third-order valence-electron chi connectivity index (χ3n) is 4.06. The van der Waals surface area contributed by atoms with Crippen molar-refractivity contribution in [1.29, 1.82) is 0 Å². The zero-order valence-electron chi connectivity index (χ0n) is 11.7. The van der Waals surface area contributed by atoms with Gasteiger partial charge in [0, 0.05) is 6.04 Å². The quantitative estimate of drug-likeness (QED) is 0.872. The van der Waals surface area contributed by atoms with E-state index in [1.807, 2.05) is 12.1 Å². The van der Waals surface area contributed by atoms with Crippen molar-refractivity contribution in [2.45, 2.75) is 32.7 Å². The minimum absolute atomic E-state index is 0.0808. The third-order valence-corrected chi connectivity index (χ3v) is 4.06. The number of nitrogens with two attached hydrogens (primary N) is 1. The first-order chi connectivity index (χ1) is 8.58. The molecule has 1 aliphatic carbocycles. The molecule has 2 N–H and O–H groups in total. The largest absolute Gasteiger partial charge is 0.493 e. The van der Waals surface area contributed by atoms with E-state index in [1.165, 1.54) is 24.0 Å². The number of methoxy groups -OCH3 is 2. The standard InChI is InChI=1S/C15H23NO2/c1-9-7-13(17-3)14(18-4)8-12(9)15(16)10(2)11-5-6-11/h7-8,10-11,15H,5-6,16H2,1-4H3. The first-order valence-corrected chi connectivity index (χ1v) is 6.56. The average molecular weight is 249 g/mol. The van der Waals surface area contributed by atoms with Crippen molar-refractivity contribution in [2.75, 3.05) is 14.2 Å². The van der Waals surface area contributed by atoms with Crippen LogP contribution in [0.15, 0.2) is 12.1 Å². The predicted octanol–water partition coefficient (Wildman–Crippen LogP) is 3.06. The summed E-state index contributed by atoms with van der Waals surface area (Å²) in [6.45, 7) is 4.33. The second kappa shape index (κ2) is 5.19. The van der Waals surface area contributed by atoms with Crippen molar-refractivity contribution >= 4 is 0 Å². The molecule has 0 spiro atoms. The maximum absolute atomic E-state index is 6.40. The molecular formula is C15H23NO2. The molecule has 0 radical (unpaired) electrons. The van der Waals surface area contributed by atoms with Gasteiger partial charge in [-0.25, -0.2) is 0 Å². The van der Waals surface area contributed by atoms with Gasteiger partial charge in [0.25, 0.3) is 0 Å². The van der Waals surface area contributed by atoms with Crippen LogP contribution in [-0.2, 0) is 0 Å². The van der Waals surface area contributed by atoms with Crippen molar-refractivity contribution in [1.82, 2.24) is 0 Å². The maximum atomic E-state index is 6.40. The summed E-state index contributed by atoms with van der Waals surface area (Å²) in [4.78, 5) is 0. The highest BCUT2D eigenvalue weighted by atomic mass is 16.5. The fourth-order valence-corrected chi connectivity index (χ4v) is 2.55. The maximum Gasteiger partial charge on any atom is 0.161 e. The van der Waals surface area contributed by atoms with Crippen molar-refractivity contribution in [3.8, 4) is 11.5 Å². The van der Waals surface area contributed by atoms with E-state index in [4.69, 9.17) is 15.2 Å². The van der Waals surface area contributed by atoms with Gasteiger partial charge in [0.2, 0.25) is 0 Å². The molecule has 100 valence electrons. The topological polar surface area (TPSA) is 44.5 Å². The Morgan fingerprint density at radius 1 is 1.17 bits per heavy atom. The van der Waals surface area contributed by atoms with Crippen LogP contribution >= 0.6 is 0 Å². The summed E-state index contributed by atoms with van der Waals surface area (Å²) in [7, 11) is 3.32. The number of hydrogen-bond acceptors (Lipinski definition) is 3. The minimum atomic E-state index is 0.0808. The van der Waals surface area contributed by atoms with Gasteiger partial charge in [-0.1, -0.05) is 6.92 Å². The highest BCUT2D eigenvalue weighted by molar-refractivity contribution is 5.48. The first-order valence-electron chi connectivity index (χ1n) is 6.56. The van der Waals surface area contributed by atoms with Gasteiger partial charge in [0.1, 0.15) is 0 Å². The molecule has 3 nitrogen and oxygen atoms in total. The first kappa shape index (κ1) is 13.2. The van der Waals surface area contributed by atoms with Gasteiger partial charge in [0.05, 0.1) is 14.2 Å². The third kappa shape index (κ3) is 2.46. The zero-order chi connectivity index (χ0) is 13.3. The second-order valence-corrected chi connectivity index (χ2v) is 5.29. The van der Waals surface area contributed by atoms with Crippen LogP contribution in [0.5, 0.6) is 11.5 Å². The molecule has 0 bridgehead atoms. The van der Waals surface area contributed by atoms with E-state index in [9.17, 15) is 0 Å². The van der Waals surface area contributed by atoms with E-state index < -0.39 is 0 Å². The molecule has 2 atom stereocenters. The van der Waals surface area contributed by atoms with E-state index in [2.05, 4.69) is 13.8 Å². The average Bonchev–Trinajstić information content (AvgIpc) is 3.20. The molecule has 3 heteroatoms. The van der Waals surface area contributed by atoms with E-state index >= 15 is 0 Å². The SMILES string of the molecule is COc1cc(C)c(C(N)C(C)C2CC2)cc1OC. The molecule has 18 heavy (non-hydrogen) atoms. The normalized spacial score (nSPS) is 18.3. The highest BCUT2D eigenvalue weighted by Gasteiger charge is 2.33. The number of ether oxygens (including phenoxy) is 2. The Morgan fingerprint density at radius 3 is 2.22 bits per heavy atom. The number of benzene rings is 1. The molecule has 1 aromatic carbocycles. The van der Waals surface area contributed by atoms with Crippen LogP contribution in [0.25, 0.3) is 0 Å². The summed E-state index contributed by atoms with van der Waals surface area (Å²) in [5.74, 6) is 2.86. The number of aryl methyl sites for hydroxylation is 1. The summed E-state index contributed by atoms with van der Waals surface area (Å²) in [5, 5.41) is 0. The second-order valence-electron chi connectivity index (χ2n) is 5.29. The van der Waals surface area contributed by atoms with Gasteiger partial charge in [-0.3, -0.25) is 0 Å². The van der Waals surface area contributed by atoms with E-state index in [1.54, 1.807) is 14.2 Å². The molecular weight excluding hydrogens is 226 g/mol. The Labute approximate surface area is 109 Å². The fourth-order valence-electron chi connectivity index (χ4n) is 2.55. The van der Waals surface area contributed by atoms with Crippen molar-refractivity contribution in [3.05, 3.63) is 23.3 Å². The van der Waals surface area contributed by atoms with Crippen LogP contribution in [0.1, 0.15) is 36.9 Å². The summed E-state index contributed by atoms with van der Waals surface area (Å²) in [6.07, 6.45) is 2.64. The summed E-state index contributed by atoms with van der Waals surface area (Å²) >= 11 is 0. The number of rotatable bonds is 5. The van der Waals surface area contributed by atoms with Gasteiger partial charge < -0.3 is 15.2 Å². The molecule has 0 heterocycles. The molecule has 0 amide bonds. The zero-order valence-corrected chi connectivity index (χ0v) is 11.7. The van der Waals surface area contributed by atoms with Gasteiger partial charge in [-0.15, -0.1) is 0 Å².